The molecule has 3 rings (SSSR count). The zero-order valence-electron chi connectivity index (χ0n) is 18.2. The fraction of sp³-hybridized carbons (Fsp3) is 0.217. The highest BCUT2D eigenvalue weighted by Crippen LogP contribution is 2.39. The largest absolute Gasteiger partial charge is 0.493 e. The fourth-order valence-electron chi connectivity index (χ4n) is 3.04. The highest BCUT2D eigenvalue weighted by molar-refractivity contribution is 9.10. The molecular formula is C23H20BrNO8S. The van der Waals surface area contributed by atoms with E-state index in [4.69, 9.17) is 19.3 Å². The van der Waals surface area contributed by atoms with Crippen molar-refractivity contribution in [2.75, 3.05) is 20.3 Å². The third-order valence-electron chi connectivity index (χ3n) is 4.57. The van der Waals surface area contributed by atoms with Gasteiger partial charge in [-0.15, -0.1) is 0 Å². The molecule has 0 bridgehead atoms. The van der Waals surface area contributed by atoms with Crippen LogP contribution in [0.5, 0.6) is 11.5 Å². The average molecular weight is 550 g/mol. The van der Waals surface area contributed by atoms with Gasteiger partial charge < -0.3 is 19.3 Å². The molecule has 1 aliphatic heterocycles. The molecule has 178 valence electrons. The second-order valence-corrected chi connectivity index (χ2v) is 8.75. The number of hydrogen-bond donors (Lipinski definition) is 1. The number of imide groups is 1. The smallest absolute Gasteiger partial charge is 0.335 e. The van der Waals surface area contributed by atoms with Crippen molar-refractivity contribution in [3.8, 4) is 11.5 Å². The zero-order valence-corrected chi connectivity index (χ0v) is 20.6. The maximum atomic E-state index is 12.6. The lowest BCUT2D eigenvalue weighted by Crippen LogP contribution is -2.34. The Morgan fingerprint density at radius 1 is 1.21 bits per heavy atom. The van der Waals surface area contributed by atoms with Crippen molar-refractivity contribution >= 4 is 56.9 Å². The number of esters is 1. The van der Waals surface area contributed by atoms with E-state index in [9.17, 15) is 19.2 Å². The molecule has 1 fully saturated rings. The van der Waals surface area contributed by atoms with Crippen LogP contribution in [0.4, 0.5) is 4.79 Å². The van der Waals surface area contributed by atoms with Crippen LogP contribution in [-0.2, 0) is 20.9 Å². The summed E-state index contributed by atoms with van der Waals surface area (Å²) in [6.45, 7) is 1.44. The summed E-state index contributed by atoms with van der Waals surface area (Å²) in [6.07, 6.45) is 1.52. The third-order valence-corrected chi connectivity index (χ3v) is 6.07. The van der Waals surface area contributed by atoms with Crippen LogP contribution < -0.4 is 9.47 Å². The van der Waals surface area contributed by atoms with Crippen LogP contribution in [-0.4, -0.2) is 53.4 Å². The van der Waals surface area contributed by atoms with E-state index in [0.29, 0.717) is 27.1 Å². The molecular weight excluding hydrogens is 530 g/mol. The Bertz CT molecular complexity index is 1180. The van der Waals surface area contributed by atoms with Gasteiger partial charge in [0.25, 0.3) is 11.1 Å². The van der Waals surface area contributed by atoms with Gasteiger partial charge in [-0.05, 0) is 76.1 Å². The van der Waals surface area contributed by atoms with Crippen molar-refractivity contribution in [2.45, 2.75) is 13.5 Å². The lowest BCUT2D eigenvalue weighted by Gasteiger charge is -2.14. The second kappa shape index (κ2) is 11.2. The summed E-state index contributed by atoms with van der Waals surface area (Å²) in [5.74, 6) is -1.53. The van der Waals surface area contributed by atoms with Crippen molar-refractivity contribution in [2.24, 2.45) is 0 Å². The number of carbonyl (C=O) groups is 4. The number of nitrogens with zero attached hydrogens (tertiary/aromatic N) is 1. The highest BCUT2D eigenvalue weighted by atomic mass is 79.9. The maximum absolute atomic E-state index is 12.6. The first-order valence-corrected chi connectivity index (χ1v) is 11.6. The number of carboxylic acid groups (broad SMARTS) is 1. The van der Waals surface area contributed by atoms with E-state index < -0.39 is 29.6 Å². The average Bonchev–Trinajstić information content (AvgIpc) is 3.05. The fourth-order valence-corrected chi connectivity index (χ4v) is 4.45. The predicted octanol–water partition coefficient (Wildman–Crippen LogP) is 4.33. The Hall–Kier alpha value is -3.31. The van der Waals surface area contributed by atoms with Crippen molar-refractivity contribution < 1.29 is 38.5 Å². The van der Waals surface area contributed by atoms with Crippen LogP contribution in [0.2, 0.25) is 0 Å². The second-order valence-electron chi connectivity index (χ2n) is 6.90. The molecule has 0 atom stereocenters. The van der Waals surface area contributed by atoms with Gasteiger partial charge in [-0.1, -0.05) is 12.1 Å². The number of ether oxygens (including phenoxy) is 3. The number of carboxylic acids is 1. The van der Waals surface area contributed by atoms with E-state index in [2.05, 4.69) is 15.9 Å². The van der Waals surface area contributed by atoms with Crippen LogP contribution in [0.15, 0.2) is 45.8 Å². The molecule has 0 saturated carbocycles. The number of amides is 2. The normalized spacial score (nSPS) is 14.4. The monoisotopic (exact) mass is 549 g/mol. The summed E-state index contributed by atoms with van der Waals surface area (Å²) in [4.78, 5) is 48.6. The molecule has 2 amide bonds. The van der Waals surface area contributed by atoms with Crippen molar-refractivity contribution in [1.82, 2.24) is 4.90 Å². The quantitative estimate of drug-likeness (QED) is 0.359. The van der Waals surface area contributed by atoms with E-state index in [0.717, 1.165) is 16.7 Å². The minimum absolute atomic E-state index is 0.0994. The number of halogens is 1. The van der Waals surface area contributed by atoms with Gasteiger partial charge >= 0.3 is 11.9 Å². The molecule has 0 aromatic heterocycles. The minimum Gasteiger partial charge on any atom is -0.493 e. The summed E-state index contributed by atoms with van der Waals surface area (Å²) in [5.41, 5.74) is 1.37. The molecule has 2 aromatic carbocycles. The van der Waals surface area contributed by atoms with E-state index in [1.807, 2.05) is 0 Å². The number of aromatic carboxylic acids is 1. The summed E-state index contributed by atoms with van der Waals surface area (Å²) < 4.78 is 16.6. The highest BCUT2D eigenvalue weighted by Gasteiger charge is 2.36. The van der Waals surface area contributed by atoms with E-state index in [1.165, 1.54) is 25.3 Å². The molecule has 1 saturated heterocycles. The maximum Gasteiger partial charge on any atom is 0.335 e. The van der Waals surface area contributed by atoms with Crippen LogP contribution in [0.25, 0.3) is 6.08 Å². The van der Waals surface area contributed by atoms with Gasteiger partial charge in [0.2, 0.25) is 0 Å². The molecule has 2 aromatic rings. The molecule has 0 spiro atoms. The third kappa shape index (κ3) is 5.97. The van der Waals surface area contributed by atoms with Gasteiger partial charge in [-0.3, -0.25) is 19.3 Å². The van der Waals surface area contributed by atoms with E-state index in [1.54, 1.807) is 31.2 Å². The van der Waals surface area contributed by atoms with Crippen molar-refractivity contribution in [3.05, 3.63) is 62.5 Å². The van der Waals surface area contributed by atoms with Gasteiger partial charge in [0.1, 0.15) is 13.2 Å². The van der Waals surface area contributed by atoms with E-state index in [-0.39, 0.29) is 23.7 Å². The molecule has 11 heteroatoms. The number of hydrogen-bond acceptors (Lipinski definition) is 8. The Morgan fingerprint density at radius 3 is 2.65 bits per heavy atom. The van der Waals surface area contributed by atoms with Gasteiger partial charge in [-0.2, -0.15) is 0 Å². The molecule has 0 unspecified atom stereocenters. The van der Waals surface area contributed by atoms with Gasteiger partial charge in [0, 0.05) is 0 Å². The summed E-state index contributed by atoms with van der Waals surface area (Å²) in [5, 5.41) is 8.58. The van der Waals surface area contributed by atoms with Gasteiger partial charge in [0.15, 0.2) is 11.5 Å². The van der Waals surface area contributed by atoms with Crippen molar-refractivity contribution in [1.29, 1.82) is 0 Å². The first-order chi connectivity index (χ1) is 16.2. The standard InChI is InChI=1S/C23H20BrNO8S/c1-3-32-19(26)11-25-21(27)18(34-23(25)30)10-14-8-16(24)20(17(9-14)31-2)33-12-13-5-4-6-15(7-13)22(28)29/h4-10H,3,11-12H2,1-2H3,(H,28,29)/b18-10+. The first-order valence-electron chi connectivity index (χ1n) is 9.97. The Balaban J connectivity index is 1.79. The first kappa shape index (κ1) is 25.3. The number of thioether (sulfide) groups is 1. The van der Waals surface area contributed by atoms with E-state index >= 15 is 0 Å². The molecule has 9 nitrogen and oxygen atoms in total. The van der Waals surface area contributed by atoms with Crippen LogP contribution in [0.1, 0.15) is 28.4 Å². The molecule has 1 aliphatic rings. The number of carbonyl (C=O) groups excluding carboxylic acids is 3. The lowest BCUT2D eigenvalue weighted by atomic mass is 10.1. The number of benzene rings is 2. The van der Waals surface area contributed by atoms with Crippen LogP contribution in [0.3, 0.4) is 0 Å². The Kier molecular flexibility index (Phi) is 8.35. The Labute approximate surface area is 207 Å². The molecule has 0 aliphatic carbocycles. The van der Waals surface area contributed by atoms with Crippen molar-refractivity contribution in [3.63, 3.8) is 0 Å². The van der Waals surface area contributed by atoms with Crippen LogP contribution >= 0.6 is 27.7 Å². The topological polar surface area (TPSA) is 119 Å². The van der Waals surface area contributed by atoms with Gasteiger partial charge in [-0.25, -0.2) is 4.79 Å². The molecule has 34 heavy (non-hydrogen) atoms. The van der Waals surface area contributed by atoms with Crippen LogP contribution in [0, 0.1) is 0 Å². The zero-order chi connectivity index (χ0) is 24.8. The minimum atomic E-state index is -1.03. The molecule has 1 heterocycles. The molecule has 0 radical (unpaired) electrons. The summed E-state index contributed by atoms with van der Waals surface area (Å²) >= 11 is 4.16. The predicted molar refractivity (Wildman–Crippen MR) is 128 cm³/mol. The molecule has 1 N–H and O–H groups in total. The summed E-state index contributed by atoms with van der Waals surface area (Å²) in [7, 11) is 1.46. The van der Waals surface area contributed by atoms with Gasteiger partial charge in [0.05, 0.1) is 28.7 Å². The Morgan fingerprint density at radius 2 is 1.97 bits per heavy atom. The SMILES string of the molecule is CCOC(=O)CN1C(=O)S/C(=C/c2cc(Br)c(OCc3cccc(C(=O)O)c3)c(OC)c2)C1=O. The lowest BCUT2D eigenvalue weighted by molar-refractivity contribution is -0.145. The number of methoxy groups -OCH3 is 1. The number of rotatable bonds is 9. The summed E-state index contributed by atoms with van der Waals surface area (Å²) in [6, 6.07) is 9.70.